The van der Waals surface area contributed by atoms with Gasteiger partial charge < -0.3 is 10.4 Å². The smallest absolute Gasteiger partial charge is 0.152 e. The molecule has 0 saturated heterocycles. The van der Waals surface area contributed by atoms with E-state index in [0.717, 1.165) is 22.6 Å². The summed E-state index contributed by atoms with van der Waals surface area (Å²) < 4.78 is 1.82. The number of fused-ring (bicyclic) bond motifs is 1. The second-order valence-corrected chi connectivity index (χ2v) is 6.06. The summed E-state index contributed by atoms with van der Waals surface area (Å²) in [7, 11) is 0. The molecule has 1 atom stereocenters. The van der Waals surface area contributed by atoms with Crippen LogP contribution in [0.15, 0.2) is 35.3 Å². The summed E-state index contributed by atoms with van der Waals surface area (Å²) in [5.41, 5.74) is 2.89. The van der Waals surface area contributed by atoms with Crippen LogP contribution in [0.25, 0.3) is 5.52 Å². The Labute approximate surface area is 127 Å². The maximum absolute atomic E-state index is 10.1. The maximum Gasteiger partial charge on any atom is 0.152 e. The van der Waals surface area contributed by atoms with Crippen LogP contribution in [0.2, 0.25) is 0 Å². The molecule has 6 heteroatoms. The van der Waals surface area contributed by atoms with Crippen molar-refractivity contribution in [2.75, 3.05) is 11.9 Å². The van der Waals surface area contributed by atoms with E-state index >= 15 is 0 Å². The average molecular weight is 302 g/mol. The highest BCUT2D eigenvalue weighted by Crippen LogP contribution is 2.21. The van der Waals surface area contributed by atoms with Crippen molar-refractivity contribution < 1.29 is 5.11 Å². The van der Waals surface area contributed by atoms with E-state index in [9.17, 15) is 5.11 Å². The third-order valence-corrected chi connectivity index (χ3v) is 4.09. The maximum atomic E-state index is 10.1. The average Bonchev–Trinajstić information content (AvgIpc) is 3.13. The van der Waals surface area contributed by atoms with Gasteiger partial charge in [-0.2, -0.15) is 16.4 Å². The van der Waals surface area contributed by atoms with Crippen LogP contribution in [0.5, 0.6) is 0 Å². The summed E-state index contributed by atoms with van der Waals surface area (Å²) in [5, 5.41) is 21.8. The number of nitrogens with one attached hydrogen (secondary N) is 1. The van der Waals surface area contributed by atoms with Crippen LogP contribution in [0.1, 0.15) is 37.1 Å². The number of aliphatic hydroxyl groups is 1. The Morgan fingerprint density at radius 3 is 3.00 bits per heavy atom. The van der Waals surface area contributed by atoms with Crippen LogP contribution in [0.3, 0.4) is 0 Å². The Hall–Kier alpha value is -1.92. The van der Waals surface area contributed by atoms with Crippen LogP contribution in [0.4, 0.5) is 5.82 Å². The van der Waals surface area contributed by atoms with E-state index in [4.69, 9.17) is 0 Å². The number of anilines is 1. The molecule has 1 unspecified atom stereocenters. The fraction of sp³-hybridized carbons (Fsp3) is 0.333. The molecule has 5 nitrogen and oxygen atoms in total. The van der Waals surface area contributed by atoms with Gasteiger partial charge in [0.2, 0.25) is 0 Å². The number of nitrogens with zero attached hydrogens (tertiary/aromatic N) is 3. The fourth-order valence-corrected chi connectivity index (χ4v) is 2.84. The Balaban J connectivity index is 1.80. The molecule has 0 radical (unpaired) electrons. The zero-order chi connectivity index (χ0) is 14.8. The molecule has 3 aromatic rings. The van der Waals surface area contributed by atoms with Crippen molar-refractivity contribution >= 4 is 22.7 Å². The third-order valence-electron chi connectivity index (χ3n) is 3.39. The van der Waals surface area contributed by atoms with Crippen molar-refractivity contribution in [1.29, 1.82) is 0 Å². The van der Waals surface area contributed by atoms with Gasteiger partial charge in [-0.3, -0.25) is 0 Å². The SMILES string of the molecule is CC(C)c1cc2c(NCC(O)c3ccsc3)nccn2n1. The lowest BCUT2D eigenvalue weighted by Crippen LogP contribution is -2.13. The van der Waals surface area contributed by atoms with Crippen LogP contribution in [0, 0.1) is 0 Å². The van der Waals surface area contributed by atoms with Gasteiger partial charge in [-0.1, -0.05) is 13.8 Å². The lowest BCUT2D eigenvalue weighted by Gasteiger charge is -2.11. The topological polar surface area (TPSA) is 62.5 Å². The number of aliphatic hydroxyl groups excluding tert-OH is 1. The van der Waals surface area contributed by atoms with Gasteiger partial charge in [0.05, 0.1) is 11.8 Å². The standard InChI is InChI=1S/C15H18N4OS/c1-10(2)12-7-13-15(16-4-5-19(13)18-12)17-8-14(20)11-3-6-21-9-11/h3-7,9-10,14,20H,8H2,1-2H3,(H,16,17). The molecule has 3 rings (SSSR count). The molecule has 2 N–H and O–H groups in total. The minimum Gasteiger partial charge on any atom is -0.387 e. The summed E-state index contributed by atoms with van der Waals surface area (Å²) >= 11 is 1.58. The Kier molecular flexibility index (Phi) is 3.90. The molecule has 3 aromatic heterocycles. The van der Waals surface area contributed by atoms with E-state index in [2.05, 4.69) is 29.2 Å². The zero-order valence-electron chi connectivity index (χ0n) is 12.0. The largest absolute Gasteiger partial charge is 0.387 e. The van der Waals surface area contributed by atoms with Crippen molar-refractivity contribution in [2.45, 2.75) is 25.9 Å². The van der Waals surface area contributed by atoms with Gasteiger partial charge in [0, 0.05) is 18.9 Å². The quantitative estimate of drug-likeness (QED) is 0.760. The molecule has 110 valence electrons. The first-order valence-electron chi connectivity index (χ1n) is 6.93. The summed E-state index contributed by atoms with van der Waals surface area (Å²) in [6.07, 6.45) is 3.01. The molecule has 0 aliphatic heterocycles. The predicted octanol–water partition coefficient (Wildman–Crippen LogP) is 3.06. The van der Waals surface area contributed by atoms with Crippen LogP contribution in [-0.4, -0.2) is 26.2 Å². The molecule has 0 aromatic carbocycles. The van der Waals surface area contributed by atoms with Gasteiger partial charge in [-0.05, 0) is 34.4 Å². The highest BCUT2D eigenvalue weighted by atomic mass is 32.1. The van der Waals surface area contributed by atoms with Crippen molar-refractivity contribution in [3.8, 4) is 0 Å². The molecule has 0 saturated carbocycles. The monoisotopic (exact) mass is 302 g/mol. The van der Waals surface area contributed by atoms with E-state index in [-0.39, 0.29) is 0 Å². The van der Waals surface area contributed by atoms with Crippen LogP contribution in [-0.2, 0) is 0 Å². The number of rotatable bonds is 5. The van der Waals surface area contributed by atoms with E-state index in [1.54, 1.807) is 17.5 Å². The summed E-state index contributed by atoms with van der Waals surface area (Å²) in [5.74, 6) is 1.11. The molecule has 0 bridgehead atoms. The van der Waals surface area contributed by atoms with Crippen molar-refractivity contribution in [1.82, 2.24) is 14.6 Å². The Bertz CT molecular complexity index is 720. The summed E-state index contributed by atoms with van der Waals surface area (Å²) in [4.78, 5) is 4.35. The zero-order valence-corrected chi connectivity index (χ0v) is 12.8. The molecular weight excluding hydrogens is 284 g/mol. The molecule has 0 aliphatic carbocycles. The fourth-order valence-electron chi connectivity index (χ4n) is 2.14. The van der Waals surface area contributed by atoms with E-state index < -0.39 is 6.10 Å². The Morgan fingerprint density at radius 1 is 1.43 bits per heavy atom. The van der Waals surface area contributed by atoms with Gasteiger partial charge in [0.15, 0.2) is 5.82 Å². The number of thiophene rings is 1. The van der Waals surface area contributed by atoms with Crippen LogP contribution >= 0.6 is 11.3 Å². The molecule has 0 spiro atoms. The van der Waals surface area contributed by atoms with E-state index in [1.807, 2.05) is 33.6 Å². The molecule has 0 amide bonds. The Morgan fingerprint density at radius 2 is 2.29 bits per heavy atom. The first kappa shape index (κ1) is 14.0. The number of aromatic nitrogens is 3. The summed E-state index contributed by atoms with van der Waals surface area (Å²) in [6.45, 7) is 4.65. The molecular formula is C15H18N4OS. The first-order chi connectivity index (χ1) is 10.1. The minimum absolute atomic E-state index is 0.370. The summed E-state index contributed by atoms with van der Waals surface area (Å²) in [6, 6.07) is 3.97. The van der Waals surface area contributed by atoms with Gasteiger partial charge in [0.25, 0.3) is 0 Å². The van der Waals surface area contributed by atoms with Gasteiger partial charge in [0.1, 0.15) is 5.52 Å². The second-order valence-electron chi connectivity index (χ2n) is 5.28. The van der Waals surface area contributed by atoms with Crippen LogP contribution < -0.4 is 5.32 Å². The highest BCUT2D eigenvalue weighted by Gasteiger charge is 2.12. The molecule has 21 heavy (non-hydrogen) atoms. The third kappa shape index (κ3) is 2.91. The van der Waals surface area contributed by atoms with E-state index in [1.165, 1.54) is 0 Å². The highest BCUT2D eigenvalue weighted by molar-refractivity contribution is 7.07. The van der Waals surface area contributed by atoms with Crippen molar-refractivity contribution in [3.05, 3.63) is 46.5 Å². The lowest BCUT2D eigenvalue weighted by atomic mass is 10.1. The first-order valence-corrected chi connectivity index (χ1v) is 7.87. The van der Waals surface area contributed by atoms with Crippen molar-refractivity contribution in [3.63, 3.8) is 0 Å². The van der Waals surface area contributed by atoms with E-state index in [0.29, 0.717) is 12.5 Å². The van der Waals surface area contributed by atoms with Gasteiger partial charge in [-0.25, -0.2) is 9.50 Å². The molecule has 3 heterocycles. The number of hydrogen-bond acceptors (Lipinski definition) is 5. The predicted molar refractivity (Wildman–Crippen MR) is 84.8 cm³/mol. The lowest BCUT2D eigenvalue weighted by molar-refractivity contribution is 0.192. The second kappa shape index (κ2) is 5.83. The number of hydrogen-bond donors (Lipinski definition) is 2. The molecule has 0 fully saturated rings. The van der Waals surface area contributed by atoms with Gasteiger partial charge >= 0.3 is 0 Å². The minimum atomic E-state index is -0.536. The normalized spacial score (nSPS) is 13.0. The van der Waals surface area contributed by atoms with Gasteiger partial charge in [-0.15, -0.1) is 0 Å². The van der Waals surface area contributed by atoms with Crippen molar-refractivity contribution in [2.24, 2.45) is 0 Å². The molecule has 0 aliphatic rings.